The highest BCUT2D eigenvalue weighted by Crippen LogP contribution is 2.24. The highest BCUT2D eigenvalue weighted by molar-refractivity contribution is 6.32. The van der Waals surface area contributed by atoms with Gasteiger partial charge in [0.05, 0.1) is 5.02 Å². The number of phenols is 1. The van der Waals surface area contributed by atoms with Crippen molar-refractivity contribution in [3.05, 3.63) is 112 Å². The van der Waals surface area contributed by atoms with Gasteiger partial charge in [-0.3, -0.25) is 10.2 Å². The van der Waals surface area contributed by atoms with Gasteiger partial charge in [0.1, 0.15) is 11.6 Å². The first-order valence-corrected chi connectivity index (χ1v) is 10.9. The SMILES string of the molecule is O=C(NNCc1ccc(CNCc2cccc(F)c2)c2ccccc12)c1ccc(O)c(Cl)c1. The van der Waals surface area contributed by atoms with Crippen molar-refractivity contribution in [3.8, 4) is 5.75 Å². The van der Waals surface area contributed by atoms with Crippen LogP contribution in [0.1, 0.15) is 27.0 Å². The Balaban J connectivity index is 1.40. The zero-order chi connectivity index (χ0) is 23.2. The van der Waals surface area contributed by atoms with E-state index < -0.39 is 0 Å². The molecule has 0 bridgehead atoms. The minimum Gasteiger partial charge on any atom is -0.506 e. The van der Waals surface area contributed by atoms with Gasteiger partial charge in [-0.05, 0) is 57.8 Å². The van der Waals surface area contributed by atoms with Crippen molar-refractivity contribution < 1.29 is 14.3 Å². The molecular formula is C26H23ClFN3O2. The Morgan fingerprint density at radius 1 is 0.848 bits per heavy atom. The fourth-order valence-corrected chi connectivity index (χ4v) is 3.84. The molecule has 5 nitrogen and oxygen atoms in total. The molecule has 0 saturated heterocycles. The summed E-state index contributed by atoms with van der Waals surface area (Å²) >= 11 is 5.87. The van der Waals surface area contributed by atoms with Crippen molar-refractivity contribution in [1.29, 1.82) is 0 Å². The molecule has 33 heavy (non-hydrogen) atoms. The largest absolute Gasteiger partial charge is 0.506 e. The van der Waals surface area contributed by atoms with Crippen LogP contribution in [0, 0.1) is 5.82 Å². The van der Waals surface area contributed by atoms with E-state index in [2.05, 4.69) is 28.3 Å². The van der Waals surface area contributed by atoms with Crippen molar-refractivity contribution in [3.63, 3.8) is 0 Å². The van der Waals surface area contributed by atoms with Crippen molar-refractivity contribution in [2.45, 2.75) is 19.6 Å². The molecule has 4 rings (SSSR count). The van der Waals surface area contributed by atoms with Gasteiger partial charge in [0.25, 0.3) is 5.91 Å². The van der Waals surface area contributed by atoms with Crippen LogP contribution in [0.2, 0.25) is 5.02 Å². The number of rotatable bonds is 8. The molecule has 0 aliphatic rings. The first-order chi connectivity index (χ1) is 16.0. The zero-order valence-corrected chi connectivity index (χ0v) is 18.5. The molecule has 0 spiro atoms. The van der Waals surface area contributed by atoms with Gasteiger partial charge in [-0.15, -0.1) is 0 Å². The molecule has 4 aromatic rings. The highest BCUT2D eigenvalue weighted by Gasteiger charge is 2.09. The van der Waals surface area contributed by atoms with Crippen LogP contribution in [0.15, 0.2) is 78.9 Å². The summed E-state index contributed by atoms with van der Waals surface area (Å²) in [6, 6.07) is 23.0. The highest BCUT2D eigenvalue weighted by atomic mass is 35.5. The Labute approximate surface area is 196 Å². The van der Waals surface area contributed by atoms with Crippen LogP contribution >= 0.6 is 11.6 Å². The molecule has 0 aromatic heterocycles. The molecule has 0 radical (unpaired) electrons. The lowest BCUT2D eigenvalue weighted by Crippen LogP contribution is -2.36. The van der Waals surface area contributed by atoms with Crippen molar-refractivity contribution in [2.24, 2.45) is 0 Å². The zero-order valence-electron chi connectivity index (χ0n) is 17.7. The number of aromatic hydroxyl groups is 1. The Kier molecular flexibility index (Phi) is 7.19. The van der Waals surface area contributed by atoms with Crippen LogP contribution in [-0.2, 0) is 19.6 Å². The Hall–Kier alpha value is -3.45. The summed E-state index contributed by atoms with van der Waals surface area (Å²) in [6.07, 6.45) is 0. The van der Waals surface area contributed by atoms with Gasteiger partial charge in [0, 0.05) is 25.2 Å². The molecule has 1 amide bonds. The van der Waals surface area contributed by atoms with E-state index in [1.165, 1.54) is 30.3 Å². The fourth-order valence-electron chi connectivity index (χ4n) is 3.66. The third kappa shape index (κ3) is 5.68. The van der Waals surface area contributed by atoms with Gasteiger partial charge in [-0.1, -0.05) is 60.1 Å². The molecule has 0 unspecified atom stereocenters. The van der Waals surface area contributed by atoms with Crippen LogP contribution in [0.5, 0.6) is 5.75 Å². The molecule has 7 heteroatoms. The molecule has 168 valence electrons. The number of halogens is 2. The van der Waals surface area contributed by atoms with Crippen LogP contribution < -0.4 is 16.2 Å². The monoisotopic (exact) mass is 463 g/mol. The van der Waals surface area contributed by atoms with E-state index in [4.69, 9.17) is 11.6 Å². The van der Waals surface area contributed by atoms with Crippen LogP contribution in [0.4, 0.5) is 4.39 Å². The minimum absolute atomic E-state index is 0.0712. The van der Waals surface area contributed by atoms with Gasteiger partial charge < -0.3 is 10.4 Å². The number of nitrogens with one attached hydrogen (secondary N) is 3. The average molecular weight is 464 g/mol. The fraction of sp³-hybridized carbons (Fsp3) is 0.115. The van der Waals surface area contributed by atoms with Gasteiger partial charge in [-0.2, -0.15) is 0 Å². The molecule has 0 aliphatic heterocycles. The second-order valence-electron chi connectivity index (χ2n) is 7.64. The number of hydrogen-bond donors (Lipinski definition) is 4. The van der Waals surface area contributed by atoms with E-state index in [0.717, 1.165) is 27.5 Å². The predicted octanol–water partition coefficient (Wildman–Crippen LogP) is 5.06. The number of phenolic OH excluding ortho intramolecular Hbond substituents is 1. The van der Waals surface area contributed by atoms with Crippen LogP contribution in [-0.4, -0.2) is 11.0 Å². The maximum atomic E-state index is 13.4. The molecule has 0 saturated carbocycles. The summed E-state index contributed by atoms with van der Waals surface area (Å²) in [7, 11) is 0. The molecule has 0 heterocycles. The third-order valence-electron chi connectivity index (χ3n) is 5.33. The van der Waals surface area contributed by atoms with E-state index in [9.17, 15) is 14.3 Å². The third-order valence-corrected chi connectivity index (χ3v) is 5.63. The lowest BCUT2D eigenvalue weighted by Gasteiger charge is -2.14. The van der Waals surface area contributed by atoms with Gasteiger partial charge in [0.15, 0.2) is 0 Å². The lowest BCUT2D eigenvalue weighted by atomic mass is 9.99. The number of benzene rings is 4. The Bertz CT molecular complexity index is 1300. The second kappa shape index (κ2) is 10.4. The number of carbonyl (C=O) groups excluding carboxylic acids is 1. The summed E-state index contributed by atoms with van der Waals surface area (Å²) in [5.41, 5.74) is 9.02. The average Bonchev–Trinajstić information content (AvgIpc) is 2.82. The molecule has 0 aliphatic carbocycles. The Morgan fingerprint density at radius 2 is 1.58 bits per heavy atom. The second-order valence-corrected chi connectivity index (χ2v) is 8.04. The lowest BCUT2D eigenvalue weighted by molar-refractivity contribution is 0.0932. The van der Waals surface area contributed by atoms with Crippen molar-refractivity contribution in [2.75, 3.05) is 0 Å². The van der Waals surface area contributed by atoms with Gasteiger partial charge >= 0.3 is 0 Å². The summed E-state index contributed by atoms with van der Waals surface area (Å²) in [5.74, 6) is -0.658. The van der Waals surface area contributed by atoms with Crippen LogP contribution in [0.3, 0.4) is 0 Å². The van der Waals surface area contributed by atoms with E-state index in [-0.39, 0.29) is 22.5 Å². The van der Waals surface area contributed by atoms with E-state index in [1.54, 1.807) is 6.07 Å². The Morgan fingerprint density at radius 3 is 2.27 bits per heavy atom. The van der Waals surface area contributed by atoms with Crippen LogP contribution in [0.25, 0.3) is 10.8 Å². The normalized spacial score (nSPS) is 11.0. The van der Waals surface area contributed by atoms with E-state index >= 15 is 0 Å². The molecule has 4 aromatic carbocycles. The number of amides is 1. The molecular weight excluding hydrogens is 441 g/mol. The summed E-state index contributed by atoms with van der Waals surface area (Å²) < 4.78 is 13.4. The molecule has 4 N–H and O–H groups in total. The minimum atomic E-state index is -0.348. The smallest absolute Gasteiger partial charge is 0.265 e. The first-order valence-electron chi connectivity index (χ1n) is 10.5. The van der Waals surface area contributed by atoms with E-state index in [1.807, 2.05) is 30.3 Å². The first kappa shape index (κ1) is 22.7. The maximum absolute atomic E-state index is 13.4. The molecule has 0 fully saturated rings. The molecule has 0 atom stereocenters. The number of hydrazine groups is 1. The topological polar surface area (TPSA) is 73.4 Å². The summed E-state index contributed by atoms with van der Waals surface area (Å²) in [6.45, 7) is 1.64. The standard InChI is InChI=1S/C26H23ClFN3O2/c27-24-13-18(10-11-25(24)32)26(33)31-30-16-20-9-8-19(22-6-1-2-7-23(20)22)15-29-14-17-4-3-5-21(28)12-17/h1-13,29-30,32H,14-16H2,(H,31,33). The maximum Gasteiger partial charge on any atom is 0.265 e. The summed E-state index contributed by atoms with van der Waals surface area (Å²) in [5, 5.41) is 15.2. The summed E-state index contributed by atoms with van der Waals surface area (Å²) in [4.78, 5) is 12.3. The van der Waals surface area contributed by atoms with Crippen molar-refractivity contribution >= 4 is 28.3 Å². The predicted molar refractivity (Wildman–Crippen MR) is 128 cm³/mol. The van der Waals surface area contributed by atoms with Gasteiger partial charge in [-0.25, -0.2) is 9.82 Å². The van der Waals surface area contributed by atoms with Crippen molar-refractivity contribution in [1.82, 2.24) is 16.2 Å². The number of carbonyl (C=O) groups is 1. The quantitative estimate of drug-likeness (QED) is 0.275. The number of fused-ring (bicyclic) bond motifs is 1. The number of hydrogen-bond acceptors (Lipinski definition) is 4. The van der Waals surface area contributed by atoms with Gasteiger partial charge in [0.2, 0.25) is 0 Å². The van der Waals surface area contributed by atoms with E-state index in [0.29, 0.717) is 25.2 Å².